The fraction of sp³-hybridized carbons (Fsp3) is 0.200. The number of carbonyl (C=O) groups is 1. The van der Waals surface area contributed by atoms with Crippen LogP contribution in [-0.2, 0) is 6.42 Å². The Balaban J connectivity index is 2.24. The van der Waals surface area contributed by atoms with Crippen molar-refractivity contribution in [2.45, 2.75) is 13.3 Å². The summed E-state index contributed by atoms with van der Waals surface area (Å²) in [6.45, 7) is 1.89. The number of pyridine rings is 1. The lowest BCUT2D eigenvalue weighted by Crippen LogP contribution is -2.07. The number of ketones is 1. The summed E-state index contributed by atoms with van der Waals surface area (Å²) in [7, 11) is 1.61. The van der Waals surface area contributed by atoms with Crippen molar-refractivity contribution in [1.29, 1.82) is 0 Å². The first kappa shape index (κ1) is 12.3. The first-order chi connectivity index (χ1) is 8.72. The number of carbonyl (C=O) groups excluding carboxylic acids is 1. The molecule has 0 aliphatic heterocycles. The Morgan fingerprint density at radius 1 is 1.28 bits per heavy atom. The molecule has 0 amide bonds. The van der Waals surface area contributed by atoms with E-state index in [2.05, 4.69) is 4.98 Å². The Morgan fingerprint density at radius 3 is 2.78 bits per heavy atom. The molecular weight excluding hydrogens is 226 g/mol. The number of hydrogen-bond acceptors (Lipinski definition) is 3. The highest BCUT2D eigenvalue weighted by Gasteiger charge is 2.12. The molecule has 92 valence electrons. The minimum atomic E-state index is 0.0828. The predicted octanol–water partition coefficient (Wildman–Crippen LogP) is 2.82. The number of benzene rings is 1. The van der Waals surface area contributed by atoms with Crippen molar-refractivity contribution >= 4 is 5.78 Å². The SMILES string of the molecule is COc1ccccc1CC(=O)c1ccncc1C. The average molecular weight is 241 g/mol. The average Bonchev–Trinajstić information content (AvgIpc) is 2.39. The molecule has 1 heterocycles. The molecule has 2 rings (SSSR count). The van der Waals surface area contributed by atoms with Crippen LogP contribution < -0.4 is 4.74 Å². The van der Waals surface area contributed by atoms with Crippen molar-refractivity contribution in [3.63, 3.8) is 0 Å². The molecule has 0 spiro atoms. The van der Waals surface area contributed by atoms with Crippen LogP contribution in [0.1, 0.15) is 21.5 Å². The van der Waals surface area contributed by atoms with Gasteiger partial charge in [0.25, 0.3) is 0 Å². The number of methoxy groups -OCH3 is 1. The van der Waals surface area contributed by atoms with E-state index in [-0.39, 0.29) is 5.78 Å². The second-order valence-corrected chi connectivity index (χ2v) is 4.10. The molecule has 1 aromatic carbocycles. The Labute approximate surface area is 106 Å². The first-order valence-corrected chi connectivity index (χ1v) is 5.78. The Hall–Kier alpha value is -2.16. The van der Waals surface area contributed by atoms with Crippen molar-refractivity contribution in [2.75, 3.05) is 7.11 Å². The fourth-order valence-corrected chi connectivity index (χ4v) is 1.90. The number of Topliss-reactive ketones (excluding diaryl/α,β-unsaturated/α-hetero) is 1. The molecule has 0 aliphatic rings. The second kappa shape index (κ2) is 5.45. The maximum atomic E-state index is 12.2. The predicted molar refractivity (Wildman–Crippen MR) is 70.0 cm³/mol. The number of ether oxygens (including phenoxy) is 1. The van der Waals surface area contributed by atoms with E-state index in [4.69, 9.17) is 4.74 Å². The van der Waals surface area contributed by atoms with Crippen LogP contribution in [0.4, 0.5) is 0 Å². The van der Waals surface area contributed by atoms with Gasteiger partial charge in [-0.1, -0.05) is 18.2 Å². The summed E-state index contributed by atoms with van der Waals surface area (Å²) in [6, 6.07) is 9.33. The smallest absolute Gasteiger partial charge is 0.167 e. The number of aryl methyl sites for hydroxylation is 1. The van der Waals surface area contributed by atoms with Crippen LogP contribution in [-0.4, -0.2) is 17.9 Å². The molecule has 0 radical (unpaired) electrons. The van der Waals surface area contributed by atoms with Gasteiger partial charge >= 0.3 is 0 Å². The fourth-order valence-electron chi connectivity index (χ4n) is 1.90. The van der Waals surface area contributed by atoms with E-state index in [0.717, 1.165) is 22.4 Å². The highest BCUT2D eigenvalue weighted by atomic mass is 16.5. The molecule has 3 nitrogen and oxygen atoms in total. The standard InChI is InChI=1S/C15H15NO2/c1-11-10-16-8-7-13(11)14(17)9-12-5-3-4-6-15(12)18-2/h3-8,10H,9H2,1-2H3. The highest BCUT2D eigenvalue weighted by molar-refractivity contribution is 5.98. The van der Waals surface area contributed by atoms with Gasteiger partial charge in [-0.15, -0.1) is 0 Å². The van der Waals surface area contributed by atoms with Crippen molar-refractivity contribution in [3.05, 3.63) is 59.4 Å². The summed E-state index contributed by atoms with van der Waals surface area (Å²) >= 11 is 0. The van der Waals surface area contributed by atoms with Crippen LogP contribution in [0.15, 0.2) is 42.7 Å². The number of aromatic nitrogens is 1. The maximum absolute atomic E-state index is 12.2. The van der Waals surface area contributed by atoms with Gasteiger partial charge in [-0.2, -0.15) is 0 Å². The van der Waals surface area contributed by atoms with Crippen LogP contribution in [0, 0.1) is 6.92 Å². The Bertz CT molecular complexity index is 564. The summed E-state index contributed by atoms with van der Waals surface area (Å²) < 4.78 is 5.25. The third-order valence-corrected chi connectivity index (χ3v) is 2.86. The van der Waals surface area contributed by atoms with Gasteiger partial charge in [0, 0.05) is 29.9 Å². The summed E-state index contributed by atoms with van der Waals surface area (Å²) in [6.07, 6.45) is 3.69. The van der Waals surface area contributed by atoms with Crippen molar-refractivity contribution in [2.24, 2.45) is 0 Å². The molecule has 0 saturated carbocycles. The molecule has 0 bridgehead atoms. The maximum Gasteiger partial charge on any atom is 0.167 e. The highest BCUT2D eigenvalue weighted by Crippen LogP contribution is 2.20. The van der Waals surface area contributed by atoms with E-state index < -0.39 is 0 Å². The zero-order chi connectivity index (χ0) is 13.0. The number of nitrogens with zero attached hydrogens (tertiary/aromatic N) is 1. The molecular formula is C15H15NO2. The van der Waals surface area contributed by atoms with Crippen LogP contribution in [0.2, 0.25) is 0 Å². The molecule has 1 aromatic heterocycles. The van der Waals surface area contributed by atoms with Gasteiger partial charge in [-0.05, 0) is 24.6 Å². The van der Waals surface area contributed by atoms with Gasteiger partial charge in [0.2, 0.25) is 0 Å². The minimum absolute atomic E-state index is 0.0828. The summed E-state index contributed by atoms with van der Waals surface area (Å²) in [5.41, 5.74) is 2.52. The van der Waals surface area contributed by atoms with Gasteiger partial charge in [-0.3, -0.25) is 9.78 Å². The molecule has 2 aromatic rings. The van der Waals surface area contributed by atoms with E-state index >= 15 is 0 Å². The van der Waals surface area contributed by atoms with Gasteiger partial charge in [-0.25, -0.2) is 0 Å². The van der Waals surface area contributed by atoms with Crippen LogP contribution in [0.25, 0.3) is 0 Å². The Morgan fingerprint density at radius 2 is 2.06 bits per heavy atom. The second-order valence-electron chi connectivity index (χ2n) is 4.10. The minimum Gasteiger partial charge on any atom is -0.496 e. The van der Waals surface area contributed by atoms with E-state index in [1.165, 1.54) is 0 Å². The first-order valence-electron chi connectivity index (χ1n) is 5.78. The lowest BCUT2D eigenvalue weighted by Gasteiger charge is -2.08. The van der Waals surface area contributed by atoms with Gasteiger partial charge < -0.3 is 4.74 Å². The lowest BCUT2D eigenvalue weighted by molar-refractivity contribution is 0.0991. The zero-order valence-electron chi connectivity index (χ0n) is 10.5. The van der Waals surface area contributed by atoms with Crippen molar-refractivity contribution in [1.82, 2.24) is 4.98 Å². The number of para-hydroxylation sites is 1. The van der Waals surface area contributed by atoms with E-state index in [0.29, 0.717) is 6.42 Å². The Kier molecular flexibility index (Phi) is 3.72. The summed E-state index contributed by atoms with van der Waals surface area (Å²) in [4.78, 5) is 16.2. The van der Waals surface area contributed by atoms with E-state index in [1.807, 2.05) is 31.2 Å². The van der Waals surface area contributed by atoms with Gasteiger partial charge in [0.05, 0.1) is 7.11 Å². The van der Waals surface area contributed by atoms with E-state index in [9.17, 15) is 4.79 Å². The normalized spacial score (nSPS) is 10.1. The van der Waals surface area contributed by atoms with Crippen LogP contribution in [0.5, 0.6) is 5.75 Å². The lowest BCUT2D eigenvalue weighted by atomic mass is 10.0. The van der Waals surface area contributed by atoms with Gasteiger partial charge in [0.15, 0.2) is 5.78 Å². The molecule has 3 heteroatoms. The van der Waals surface area contributed by atoms with Crippen LogP contribution in [0.3, 0.4) is 0 Å². The molecule has 0 aliphatic carbocycles. The van der Waals surface area contributed by atoms with Crippen LogP contribution >= 0.6 is 0 Å². The monoisotopic (exact) mass is 241 g/mol. The summed E-state index contributed by atoms with van der Waals surface area (Å²) in [5, 5.41) is 0. The molecule has 0 unspecified atom stereocenters. The molecule has 0 saturated heterocycles. The topological polar surface area (TPSA) is 39.2 Å². The van der Waals surface area contributed by atoms with Crippen molar-refractivity contribution < 1.29 is 9.53 Å². The molecule has 0 fully saturated rings. The number of rotatable bonds is 4. The quantitative estimate of drug-likeness (QED) is 0.773. The van der Waals surface area contributed by atoms with Gasteiger partial charge in [0.1, 0.15) is 5.75 Å². The number of hydrogen-bond donors (Lipinski definition) is 0. The van der Waals surface area contributed by atoms with Crippen molar-refractivity contribution in [3.8, 4) is 5.75 Å². The van der Waals surface area contributed by atoms with E-state index in [1.54, 1.807) is 25.6 Å². The summed E-state index contributed by atoms with van der Waals surface area (Å²) in [5.74, 6) is 0.831. The third kappa shape index (κ3) is 2.56. The third-order valence-electron chi connectivity index (χ3n) is 2.86. The molecule has 0 atom stereocenters. The molecule has 18 heavy (non-hydrogen) atoms. The zero-order valence-corrected chi connectivity index (χ0v) is 10.5. The largest absolute Gasteiger partial charge is 0.496 e. The molecule has 0 N–H and O–H groups in total.